The number of allylic oxidation sites excluding steroid dienone is 1. The summed E-state index contributed by atoms with van der Waals surface area (Å²) >= 11 is 1.93. The first-order valence-corrected chi connectivity index (χ1v) is 5.73. The van der Waals surface area contributed by atoms with E-state index in [0.29, 0.717) is 0 Å². The van der Waals surface area contributed by atoms with Gasteiger partial charge in [-0.25, -0.2) is 0 Å². The SMILES string of the molecule is CCCCC/C=C/SCCC. The van der Waals surface area contributed by atoms with Crippen molar-refractivity contribution in [2.24, 2.45) is 0 Å². The van der Waals surface area contributed by atoms with Crippen LogP contribution in [0.15, 0.2) is 11.5 Å². The van der Waals surface area contributed by atoms with Crippen LogP contribution in [0.4, 0.5) is 0 Å². The van der Waals surface area contributed by atoms with Crippen molar-refractivity contribution in [2.75, 3.05) is 5.75 Å². The average Bonchev–Trinajstić information content (AvgIpc) is 2.03. The molecule has 0 aliphatic carbocycles. The fraction of sp³-hybridized carbons (Fsp3) is 0.800. The van der Waals surface area contributed by atoms with Crippen LogP contribution in [0.1, 0.15) is 46.0 Å². The molecule has 0 spiro atoms. The predicted molar refractivity (Wildman–Crippen MR) is 56.0 cm³/mol. The Bertz CT molecular complexity index is 86.9. The second kappa shape index (κ2) is 10.1. The van der Waals surface area contributed by atoms with Gasteiger partial charge in [0.15, 0.2) is 0 Å². The highest BCUT2D eigenvalue weighted by Crippen LogP contribution is 2.06. The van der Waals surface area contributed by atoms with Crippen molar-refractivity contribution in [3.8, 4) is 0 Å². The zero-order valence-electron chi connectivity index (χ0n) is 7.81. The standard InChI is InChI=1S/C10H20S/c1-3-5-6-7-8-10-11-9-4-2/h8,10H,3-7,9H2,1-2H3/b10-8+. The minimum absolute atomic E-state index is 1.27. The molecule has 0 radical (unpaired) electrons. The van der Waals surface area contributed by atoms with E-state index in [1.54, 1.807) is 0 Å². The highest BCUT2D eigenvalue weighted by atomic mass is 32.2. The molecule has 11 heavy (non-hydrogen) atoms. The lowest BCUT2D eigenvalue weighted by Gasteiger charge is -1.91. The molecule has 0 amide bonds. The lowest BCUT2D eigenvalue weighted by atomic mass is 10.2. The third-order valence-corrected chi connectivity index (χ3v) is 2.52. The maximum Gasteiger partial charge on any atom is -0.00287 e. The molecule has 0 bridgehead atoms. The Morgan fingerprint density at radius 1 is 1.09 bits per heavy atom. The minimum Gasteiger partial charge on any atom is -0.134 e. The summed E-state index contributed by atoms with van der Waals surface area (Å²) in [5.74, 6) is 1.27. The maximum absolute atomic E-state index is 2.30. The molecule has 0 aliphatic rings. The van der Waals surface area contributed by atoms with Crippen LogP contribution in [0.3, 0.4) is 0 Å². The van der Waals surface area contributed by atoms with Crippen LogP contribution < -0.4 is 0 Å². The molecular weight excluding hydrogens is 152 g/mol. The summed E-state index contributed by atoms with van der Waals surface area (Å²) in [6.45, 7) is 4.47. The molecule has 0 aromatic carbocycles. The predicted octanol–water partition coefficient (Wildman–Crippen LogP) is 4.22. The zero-order valence-corrected chi connectivity index (χ0v) is 8.62. The average molecular weight is 172 g/mol. The molecule has 0 nitrogen and oxygen atoms in total. The van der Waals surface area contributed by atoms with E-state index in [-0.39, 0.29) is 0 Å². The summed E-state index contributed by atoms with van der Waals surface area (Å²) in [5.41, 5.74) is 0. The van der Waals surface area contributed by atoms with Gasteiger partial charge in [-0.1, -0.05) is 32.8 Å². The summed E-state index contributed by atoms with van der Waals surface area (Å²) < 4.78 is 0. The fourth-order valence-corrected chi connectivity index (χ4v) is 1.48. The fourth-order valence-electron chi connectivity index (χ4n) is 0.834. The molecular formula is C10H20S. The van der Waals surface area contributed by atoms with E-state index in [4.69, 9.17) is 0 Å². The lowest BCUT2D eigenvalue weighted by molar-refractivity contribution is 0.729. The van der Waals surface area contributed by atoms with E-state index in [9.17, 15) is 0 Å². The molecule has 0 aromatic rings. The van der Waals surface area contributed by atoms with Gasteiger partial charge in [-0.05, 0) is 30.4 Å². The minimum atomic E-state index is 1.27. The summed E-state index contributed by atoms with van der Waals surface area (Å²) in [6.07, 6.45) is 8.92. The van der Waals surface area contributed by atoms with Gasteiger partial charge < -0.3 is 0 Å². The highest BCUT2D eigenvalue weighted by molar-refractivity contribution is 8.02. The number of hydrogen-bond acceptors (Lipinski definition) is 1. The van der Waals surface area contributed by atoms with Crippen LogP contribution in [0.2, 0.25) is 0 Å². The third-order valence-electron chi connectivity index (χ3n) is 1.49. The van der Waals surface area contributed by atoms with Crippen LogP contribution in [0.25, 0.3) is 0 Å². The molecule has 0 unspecified atom stereocenters. The van der Waals surface area contributed by atoms with Crippen molar-refractivity contribution in [2.45, 2.75) is 46.0 Å². The normalized spacial score (nSPS) is 11.1. The van der Waals surface area contributed by atoms with Gasteiger partial charge in [0, 0.05) is 0 Å². The molecule has 0 N–H and O–H groups in total. The lowest BCUT2D eigenvalue weighted by Crippen LogP contribution is -1.71. The van der Waals surface area contributed by atoms with Crippen molar-refractivity contribution < 1.29 is 0 Å². The molecule has 0 saturated carbocycles. The van der Waals surface area contributed by atoms with Gasteiger partial charge in [-0.15, -0.1) is 11.8 Å². The Hall–Kier alpha value is 0.0900. The molecule has 0 fully saturated rings. The Morgan fingerprint density at radius 3 is 2.55 bits per heavy atom. The Morgan fingerprint density at radius 2 is 1.91 bits per heavy atom. The van der Waals surface area contributed by atoms with Gasteiger partial charge >= 0.3 is 0 Å². The van der Waals surface area contributed by atoms with E-state index in [1.165, 1.54) is 37.9 Å². The van der Waals surface area contributed by atoms with Crippen LogP contribution in [0.5, 0.6) is 0 Å². The molecule has 0 rings (SSSR count). The largest absolute Gasteiger partial charge is 0.134 e. The number of hydrogen-bond donors (Lipinski definition) is 0. The van der Waals surface area contributed by atoms with Crippen molar-refractivity contribution >= 4 is 11.8 Å². The summed E-state index contributed by atoms with van der Waals surface area (Å²) in [4.78, 5) is 0. The van der Waals surface area contributed by atoms with Gasteiger partial charge in [0.25, 0.3) is 0 Å². The van der Waals surface area contributed by atoms with Gasteiger partial charge in [-0.2, -0.15) is 0 Å². The Labute approximate surface area is 75.5 Å². The van der Waals surface area contributed by atoms with Crippen molar-refractivity contribution in [1.82, 2.24) is 0 Å². The molecule has 66 valence electrons. The Balaban J connectivity index is 2.91. The first kappa shape index (κ1) is 11.1. The monoisotopic (exact) mass is 172 g/mol. The van der Waals surface area contributed by atoms with Crippen LogP contribution >= 0.6 is 11.8 Å². The second-order valence-corrected chi connectivity index (χ2v) is 3.75. The van der Waals surface area contributed by atoms with E-state index in [1.807, 2.05) is 11.8 Å². The van der Waals surface area contributed by atoms with Gasteiger partial charge in [0.2, 0.25) is 0 Å². The summed E-state index contributed by atoms with van der Waals surface area (Å²) in [7, 11) is 0. The molecule has 0 heterocycles. The van der Waals surface area contributed by atoms with E-state index in [2.05, 4.69) is 25.3 Å². The highest BCUT2D eigenvalue weighted by Gasteiger charge is 1.81. The molecule has 0 atom stereocenters. The van der Waals surface area contributed by atoms with Crippen LogP contribution in [-0.4, -0.2) is 5.75 Å². The molecule has 0 aliphatic heterocycles. The van der Waals surface area contributed by atoms with E-state index in [0.717, 1.165) is 0 Å². The zero-order chi connectivity index (χ0) is 8.36. The molecule has 1 heteroatoms. The number of unbranched alkanes of at least 4 members (excludes halogenated alkanes) is 3. The molecule has 0 saturated heterocycles. The molecule has 0 aromatic heterocycles. The van der Waals surface area contributed by atoms with Gasteiger partial charge in [0.05, 0.1) is 0 Å². The maximum atomic E-state index is 2.30. The van der Waals surface area contributed by atoms with Crippen LogP contribution in [-0.2, 0) is 0 Å². The quantitative estimate of drug-likeness (QED) is 0.518. The van der Waals surface area contributed by atoms with E-state index >= 15 is 0 Å². The smallest absolute Gasteiger partial charge is 0.00287 e. The second-order valence-electron chi connectivity index (χ2n) is 2.74. The summed E-state index contributed by atoms with van der Waals surface area (Å²) in [6, 6.07) is 0. The summed E-state index contributed by atoms with van der Waals surface area (Å²) in [5, 5.41) is 2.25. The third kappa shape index (κ3) is 10.1. The first-order chi connectivity index (χ1) is 5.41. The van der Waals surface area contributed by atoms with Gasteiger partial charge in [-0.3, -0.25) is 0 Å². The van der Waals surface area contributed by atoms with Gasteiger partial charge in [0.1, 0.15) is 0 Å². The van der Waals surface area contributed by atoms with E-state index < -0.39 is 0 Å². The number of thioether (sulfide) groups is 1. The van der Waals surface area contributed by atoms with Crippen molar-refractivity contribution in [3.63, 3.8) is 0 Å². The first-order valence-electron chi connectivity index (χ1n) is 4.68. The topological polar surface area (TPSA) is 0 Å². The van der Waals surface area contributed by atoms with Crippen molar-refractivity contribution in [3.05, 3.63) is 11.5 Å². The Kier molecular flexibility index (Phi) is 10.2. The van der Waals surface area contributed by atoms with Crippen molar-refractivity contribution in [1.29, 1.82) is 0 Å². The van der Waals surface area contributed by atoms with Crippen LogP contribution in [0, 0.1) is 0 Å². The number of rotatable bonds is 7.